The van der Waals surface area contributed by atoms with Crippen LogP contribution in [0.4, 0.5) is 10.5 Å². The summed E-state index contributed by atoms with van der Waals surface area (Å²) >= 11 is 0. The van der Waals surface area contributed by atoms with Crippen molar-refractivity contribution in [1.82, 2.24) is 15.5 Å². The Labute approximate surface area is 203 Å². The van der Waals surface area contributed by atoms with E-state index >= 15 is 0 Å². The number of aryl methyl sites for hydroxylation is 1. The molecule has 1 heterocycles. The summed E-state index contributed by atoms with van der Waals surface area (Å²) in [5.41, 5.74) is 3.57. The first-order valence-corrected chi connectivity index (χ1v) is 12.8. The maximum absolute atomic E-state index is 13.1. The van der Waals surface area contributed by atoms with E-state index in [2.05, 4.69) is 64.4 Å². The van der Waals surface area contributed by atoms with Gasteiger partial charge < -0.3 is 20.9 Å². The molecule has 1 saturated heterocycles. The molecule has 33 heavy (non-hydrogen) atoms. The molecule has 3 N–H and O–H groups in total. The van der Waals surface area contributed by atoms with Crippen molar-refractivity contribution in [3.63, 3.8) is 0 Å². The molecule has 3 amide bonds. The summed E-state index contributed by atoms with van der Waals surface area (Å²) in [6.45, 7) is 22.7. The number of amides is 3. The van der Waals surface area contributed by atoms with Crippen LogP contribution in [0.5, 0.6) is 0 Å². The maximum Gasteiger partial charge on any atom is 0.319 e. The van der Waals surface area contributed by atoms with Crippen LogP contribution < -0.4 is 16.0 Å². The molecule has 2 rings (SSSR count). The molecule has 0 aliphatic carbocycles. The van der Waals surface area contributed by atoms with Crippen LogP contribution in [-0.4, -0.2) is 49.6 Å². The Bertz CT molecular complexity index is 693. The third kappa shape index (κ3) is 12.7. The lowest BCUT2D eigenvalue weighted by Gasteiger charge is -2.28. The molecular formula is C27H50N4O2. The largest absolute Gasteiger partial charge is 0.338 e. The van der Waals surface area contributed by atoms with Crippen molar-refractivity contribution < 1.29 is 9.59 Å². The molecule has 6 nitrogen and oxygen atoms in total. The summed E-state index contributed by atoms with van der Waals surface area (Å²) in [6, 6.07) is 3.76. The first-order valence-electron chi connectivity index (χ1n) is 12.8. The lowest BCUT2D eigenvalue weighted by Crippen LogP contribution is -2.46. The highest BCUT2D eigenvalue weighted by molar-refractivity contribution is 5.98. The summed E-state index contributed by atoms with van der Waals surface area (Å²) in [5, 5.41) is 9.00. The Hall–Kier alpha value is -2.08. The van der Waals surface area contributed by atoms with Crippen molar-refractivity contribution in [1.29, 1.82) is 0 Å². The molecule has 0 saturated carbocycles. The Balaban J connectivity index is 0.00000129. The zero-order valence-corrected chi connectivity index (χ0v) is 22.7. The van der Waals surface area contributed by atoms with Gasteiger partial charge in [0.05, 0.1) is 0 Å². The van der Waals surface area contributed by atoms with Crippen LogP contribution in [0, 0.1) is 11.8 Å². The van der Waals surface area contributed by atoms with Crippen molar-refractivity contribution in [2.75, 3.05) is 38.0 Å². The summed E-state index contributed by atoms with van der Waals surface area (Å²) in [6.07, 6.45) is 2.81. The minimum absolute atomic E-state index is 0.0953. The zero-order chi connectivity index (χ0) is 25.4. The number of urea groups is 1. The summed E-state index contributed by atoms with van der Waals surface area (Å²) in [7, 11) is 0. The van der Waals surface area contributed by atoms with Crippen molar-refractivity contribution in [3.8, 4) is 0 Å². The number of nitrogens with zero attached hydrogens (tertiary/aromatic N) is 1. The Morgan fingerprint density at radius 2 is 1.52 bits per heavy atom. The van der Waals surface area contributed by atoms with Gasteiger partial charge in [0, 0.05) is 44.0 Å². The second kappa shape index (κ2) is 17.4. The molecule has 0 atom stereocenters. The third-order valence-electron chi connectivity index (χ3n) is 4.56. The molecule has 0 unspecified atom stereocenters. The summed E-state index contributed by atoms with van der Waals surface area (Å²) in [5.74, 6) is 1.36. The van der Waals surface area contributed by atoms with Gasteiger partial charge in [-0.3, -0.25) is 4.79 Å². The normalized spacial score (nSPS) is 13.0. The number of nitrogens with one attached hydrogen (secondary N) is 3. The topological polar surface area (TPSA) is 73.5 Å². The van der Waals surface area contributed by atoms with Crippen molar-refractivity contribution in [2.45, 2.75) is 81.6 Å². The zero-order valence-electron chi connectivity index (χ0n) is 22.7. The van der Waals surface area contributed by atoms with Crippen molar-refractivity contribution >= 4 is 17.6 Å². The van der Waals surface area contributed by atoms with Crippen LogP contribution >= 0.6 is 0 Å². The van der Waals surface area contributed by atoms with Gasteiger partial charge in [-0.1, -0.05) is 61.8 Å². The van der Waals surface area contributed by atoms with Gasteiger partial charge in [-0.2, -0.15) is 0 Å². The first kappa shape index (κ1) is 30.9. The van der Waals surface area contributed by atoms with E-state index in [0.29, 0.717) is 12.5 Å². The van der Waals surface area contributed by atoms with E-state index < -0.39 is 0 Å². The van der Waals surface area contributed by atoms with Crippen LogP contribution in [0.3, 0.4) is 0 Å². The fourth-order valence-electron chi connectivity index (χ4n) is 3.27. The Kier molecular flexibility index (Phi) is 16.3. The number of carbonyl (C=O) groups is 2. The van der Waals surface area contributed by atoms with Crippen LogP contribution in [0.25, 0.3) is 0 Å². The van der Waals surface area contributed by atoms with Crippen LogP contribution in [0.15, 0.2) is 12.1 Å². The van der Waals surface area contributed by atoms with Crippen LogP contribution in [-0.2, 0) is 12.8 Å². The van der Waals surface area contributed by atoms with Crippen LogP contribution in [0.2, 0.25) is 0 Å². The Morgan fingerprint density at radius 3 is 1.97 bits per heavy atom. The van der Waals surface area contributed by atoms with Gasteiger partial charge >= 0.3 is 6.03 Å². The van der Waals surface area contributed by atoms with Crippen LogP contribution in [0.1, 0.15) is 90.2 Å². The van der Waals surface area contributed by atoms with Gasteiger partial charge in [0.1, 0.15) is 0 Å². The van der Waals surface area contributed by atoms with E-state index in [1.54, 1.807) is 0 Å². The minimum Gasteiger partial charge on any atom is -0.338 e. The Morgan fingerprint density at radius 1 is 0.970 bits per heavy atom. The molecule has 190 valence electrons. The molecule has 1 aromatic rings. The predicted molar refractivity (Wildman–Crippen MR) is 142 cm³/mol. The molecule has 0 spiro atoms. The van der Waals surface area contributed by atoms with Gasteiger partial charge in [0.2, 0.25) is 0 Å². The molecule has 1 aliphatic heterocycles. The lowest BCUT2D eigenvalue weighted by atomic mass is 9.94. The number of anilines is 1. The molecule has 1 aromatic carbocycles. The molecule has 1 aliphatic rings. The van der Waals surface area contributed by atoms with E-state index in [1.165, 1.54) is 6.42 Å². The van der Waals surface area contributed by atoms with Crippen molar-refractivity contribution in [3.05, 3.63) is 28.8 Å². The monoisotopic (exact) mass is 462 g/mol. The smallest absolute Gasteiger partial charge is 0.319 e. The van der Waals surface area contributed by atoms with Gasteiger partial charge in [0.25, 0.3) is 5.91 Å². The quantitative estimate of drug-likeness (QED) is 0.507. The number of benzene rings is 1. The number of piperazine rings is 1. The van der Waals surface area contributed by atoms with E-state index in [9.17, 15) is 9.59 Å². The SMILES string of the molecule is CC(C)C.CCC.CCNC(=O)Nc1cc(CC)c(C(=O)N2CCNCC2)cc1CC(C)C. The first-order chi connectivity index (χ1) is 15.6. The van der Waals surface area contributed by atoms with E-state index in [-0.39, 0.29) is 11.9 Å². The van der Waals surface area contributed by atoms with Crippen molar-refractivity contribution in [2.24, 2.45) is 11.8 Å². The summed E-state index contributed by atoms with van der Waals surface area (Å²) in [4.78, 5) is 27.0. The lowest BCUT2D eigenvalue weighted by molar-refractivity contribution is 0.0734. The fraction of sp³-hybridized carbons (Fsp3) is 0.704. The highest BCUT2D eigenvalue weighted by atomic mass is 16.2. The van der Waals surface area contributed by atoms with Gasteiger partial charge in [-0.05, 0) is 54.9 Å². The molecule has 0 aromatic heterocycles. The minimum atomic E-state index is -0.208. The number of carbonyl (C=O) groups excluding carboxylic acids is 2. The number of rotatable bonds is 6. The molecular weight excluding hydrogens is 412 g/mol. The highest BCUT2D eigenvalue weighted by Crippen LogP contribution is 2.26. The number of hydrogen-bond acceptors (Lipinski definition) is 3. The van der Waals surface area contributed by atoms with Gasteiger partial charge in [-0.15, -0.1) is 0 Å². The number of hydrogen-bond donors (Lipinski definition) is 3. The molecule has 1 fully saturated rings. The third-order valence-corrected chi connectivity index (χ3v) is 4.56. The van der Waals surface area contributed by atoms with Gasteiger partial charge in [0.15, 0.2) is 0 Å². The molecule has 0 bridgehead atoms. The average molecular weight is 463 g/mol. The second-order valence-corrected chi connectivity index (χ2v) is 9.58. The standard InChI is InChI=1S/C20H32N4O2.C4H10.C3H8/c1-5-15-13-18(23-20(26)22-6-2)16(11-14(3)4)12-17(15)19(25)24-9-7-21-8-10-24;1-4(2)3;1-3-2/h12-14,21H,5-11H2,1-4H3,(H2,22,23,26);4H,1-3H3;3H2,1-2H3. The van der Waals surface area contributed by atoms with E-state index in [1.807, 2.05) is 30.9 Å². The predicted octanol–water partition coefficient (Wildman–Crippen LogP) is 5.71. The van der Waals surface area contributed by atoms with E-state index in [4.69, 9.17) is 0 Å². The van der Waals surface area contributed by atoms with Gasteiger partial charge in [-0.25, -0.2) is 4.79 Å². The molecule has 6 heteroatoms. The fourth-order valence-corrected chi connectivity index (χ4v) is 3.27. The maximum atomic E-state index is 13.1. The highest BCUT2D eigenvalue weighted by Gasteiger charge is 2.22. The molecule has 0 radical (unpaired) electrons. The summed E-state index contributed by atoms with van der Waals surface area (Å²) < 4.78 is 0. The second-order valence-electron chi connectivity index (χ2n) is 9.58. The van der Waals surface area contributed by atoms with E-state index in [0.717, 1.165) is 67.3 Å². The average Bonchev–Trinajstić information content (AvgIpc) is 2.74.